The minimum absolute atomic E-state index is 0.0691. The minimum atomic E-state index is -3.83. The lowest BCUT2D eigenvalue weighted by Crippen LogP contribution is -2.43. The Kier molecular flexibility index (Phi) is 6.49. The maximum atomic E-state index is 13.3. The lowest BCUT2D eigenvalue weighted by molar-refractivity contribution is -0.120. The Morgan fingerprint density at radius 1 is 1.22 bits per heavy atom. The molecule has 0 unspecified atom stereocenters. The number of benzene rings is 2. The highest BCUT2D eigenvalue weighted by atomic mass is 32.2. The molecule has 0 bridgehead atoms. The summed E-state index contributed by atoms with van der Waals surface area (Å²) in [6.07, 6.45) is 1.13. The molecule has 1 amide bonds. The molecule has 1 N–H and O–H groups in total. The summed E-state index contributed by atoms with van der Waals surface area (Å²) in [5.74, 6) is -1.28. The molecule has 4 rings (SSSR count). The van der Waals surface area contributed by atoms with Gasteiger partial charge in [-0.25, -0.2) is 13.2 Å². The van der Waals surface area contributed by atoms with Gasteiger partial charge in [-0.1, -0.05) is 12.1 Å². The topological polar surface area (TPSA) is 119 Å². The van der Waals surface area contributed by atoms with Crippen LogP contribution in [0.2, 0.25) is 0 Å². The van der Waals surface area contributed by atoms with Crippen LogP contribution in [0.25, 0.3) is 11.0 Å². The number of esters is 1. The molecule has 11 heteroatoms. The van der Waals surface area contributed by atoms with Crippen molar-refractivity contribution in [2.45, 2.75) is 24.7 Å². The monoisotopic (exact) mass is 474 g/mol. The number of aromatic nitrogens is 2. The molecular weight excluding hydrogens is 452 g/mol. The van der Waals surface area contributed by atoms with Crippen molar-refractivity contribution < 1.29 is 22.7 Å². The molecule has 168 valence electrons. The fraction of sp³-hybridized carbons (Fsp3) is 0.333. The predicted octanol–water partition coefficient (Wildman–Crippen LogP) is 2.91. The van der Waals surface area contributed by atoms with E-state index >= 15 is 0 Å². The van der Waals surface area contributed by atoms with E-state index in [0.717, 1.165) is 11.7 Å². The quantitative estimate of drug-likeness (QED) is 0.546. The van der Waals surface area contributed by atoms with Crippen LogP contribution in [0, 0.1) is 5.92 Å². The lowest BCUT2D eigenvalue weighted by atomic mass is 9.98. The summed E-state index contributed by atoms with van der Waals surface area (Å²) in [6, 6.07) is 11.4. The smallest absolute Gasteiger partial charge is 0.338 e. The number of hydrogen-bond acceptors (Lipinski definition) is 8. The number of nitrogens with one attached hydrogen (secondary N) is 1. The fourth-order valence-electron chi connectivity index (χ4n) is 3.69. The molecule has 0 saturated carbocycles. The Morgan fingerprint density at radius 2 is 2.03 bits per heavy atom. The second kappa shape index (κ2) is 9.31. The van der Waals surface area contributed by atoms with Crippen molar-refractivity contribution in [2.24, 2.45) is 5.92 Å². The van der Waals surface area contributed by atoms with Gasteiger partial charge >= 0.3 is 5.97 Å². The van der Waals surface area contributed by atoms with Crippen LogP contribution in [-0.2, 0) is 19.6 Å². The number of carbonyl (C=O) groups is 2. The van der Waals surface area contributed by atoms with Gasteiger partial charge in [-0.2, -0.15) is 13.1 Å². The largest absolute Gasteiger partial charge is 0.462 e. The van der Waals surface area contributed by atoms with Gasteiger partial charge < -0.3 is 10.1 Å². The molecule has 0 spiro atoms. The van der Waals surface area contributed by atoms with Gasteiger partial charge in [0, 0.05) is 18.8 Å². The number of ether oxygens (including phenoxy) is 1. The highest BCUT2D eigenvalue weighted by Crippen LogP contribution is 2.28. The fourth-order valence-corrected chi connectivity index (χ4v) is 5.96. The number of amides is 1. The van der Waals surface area contributed by atoms with Gasteiger partial charge in [-0.05, 0) is 50.1 Å². The van der Waals surface area contributed by atoms with Gasteiger partial charge in [-0.15, -0.1) is 0 Å². The first-order valence-corrected chi connectivity index (χ1v) is 12.4. The SMILES string of the molecule is CCOC(=O)c1cccc(NC(=O)[C@H]2CCCN(S(=O)(=O)c3cccc4nsnc34)C2)c1. The summed E-state index contributed by atoms with van der Waals surface area (Å²) in [6.45, 7) is 2.38. The zero-order valence-corrected chi connectivity index (χ0v) is 19.0. The first-order chi connectivity index (χ1) is 15.4. The van der Waals surface area contributed by atoms with Crippen LogP contribution in [0.15, 0.2) is 47.4 Å². The van der Waals surface area contributed by atoms with Crippen LogP contribution >= 0.6 is 11.7 Å². The number of piperidine rings is 1. The van der Waals surface area contributed by atoms with Crippen LogP contribution in [0.5, 0.6) is 0 Å². The Balaban J connectivity index is 1.49. The van der Waals surface area contributed by atoms with E-state index in [1.807, 2.05) is 0 Å². The standard InChI is InChI=1S/C21H22N4O5S2/c1-2-30-21(27)14-6-3-8-16(12-14)22-20(26)15-7-5-11-25(13-15)32(28,29)18-10-4-9-17-19(18)24-31-23-17/h3-4,6,8-10,12,15H,2,5,7,11,13H2,1H3,(H,22,26)/t15-/m0/s1. The zero-order valence-electron chi connectivity index (χ0n) is 17.4. The summed E-state index contributed by atoms with van der Waals surface area (Å²) in [5, 5.41) is 2.80. The van der Waals surface area contributed by atoms with Crippen LogP contribution in [0.1, 0.15) is 30.1 Å². The van der Waals surface area contributed by atoms with E-state index in [1.54, 1.807) is 43.3 Å². The maximum Gasteiger partial charge on any atom is 0.338 e. The average Bonchev–Trinajstić information content (AvgIpc) is 3.28. The van der Waals surface area contributed by atoms with Crippen molar-refractivity contribution in [3.8, 4) is 0 Å². The van der Waals surface area contributed by atoms with Crippen LogP contribution in [-0.4, -0.2) is 53.0 Å². The normalized spacial score (nSPS) is 17.2. The van der Waals surface area contributed by atoms with Crippen molar-refractivity contribution >= 4 is 50.3 Å². The van der Waals surface area contributed by atoms with Crippen molar-refractivity contribution in [3.63, 3.8) is 0 Å². The third-order valence-corrected chi connectivity index (χ3v) is 7.70. The molecule has 1 atom stereocenters. The number of anilines is 1. The first kappa shape index (κ1) is 22.3. The summed E-state index contributed by atoms with van der Waals surface area (Å²) in [4.78, 5) is 24.9. The summed E-state index contributed by atoms with van der Waals surface area (Å²) in [5.41, 5.74) is 1.67. The van der Waals surface area contributed by atoms with Crippen molar-refractivity contribution in [1.29, 1.82) is 0 Å². The second-order valence-corrected chi connectivity index (χ2v) is 9.82. The van der Waals surface area contributed by atoms with Gasteiger partial charge in [0.1, 0.15) is 15.9 Å². The van der Waals surface area contributed by atoms with Crippen molar-refractivity contribution in [2.75, 3.05) is 25.0 Å². The molecule has 2 aromatic carbocycles. The van der Waals surface area contributed by atoms with Crippen LogP contribution in [0.4, 0.5) is 5.69 Å². The van der Waals surface area contributed by atoms with Crippen molar-refractivity contribution in [3.05, 3.63) is 48.0 Å². The van der Waals surface area contributed by atoms with E-state index in [0.29, 0.717) is 41.7 Å². The number of fused-ring (bicyclic) bond motifs is 1. The van der Waals surface area contributed by atoms with E-state index in [9.17, 15) is 18.0 Å². The van der Waals surface area contributed by atoms with Crippen LogP contribution in [0.3, 0.4) is 0 Å². The number of nitrogens with zero attached hydrogens (tertiary/aromatic N) is 3. The molecule has 32 heavy (non-hydrogen) atoms. The van der Waals surface area contributed by atoms with Gasteiger partial charge in [0.25, 0.3) is 0 Å². The van der Waals surface area contributed by atoms with E-state index in [-0.39, 0.29) is 24.0 Å². The van der Waals surface area contributed by atoms with E-state index in [1.165, 1.54) is 10.4 Å². The van der Waals surface area contributed by atoms with E-state index < -0.39 is 21.9 Å². The molecule has 1 saturated heterocycles. The summed E-state index contributed by atoms with van der Waals surface area (Å²) >= 11 is 0.963. The third kappa shape index (κ3) is 4.50. The Hall–Kier alpha value is -2.89. The third-order valence-electron chi connectivity index (χ3n) is 5.26. The molecule has 1 aliphatic rings. The molecule has 0 radical (unpaired) electrons. The second-order valence-electron chi connectivity index (χ2n) is 7.38. The van der Waals surface area contributed by atoms with E-state index in [4.69, 9.17) is 4.74 Å². The van der Waals surface area contributed by atoms with Gasteiger partial charge in [0.05, 0.1) is 29.8 Å². The van der Waals surface area contributed by atoms with Crippen molar-refractivity contribution in [1.82, 2.24) is 13.1 Å². The van der Waals surface area contributed by atoms with Gasteiger partial charge in [0.15, 0.2) is 0 Å². The molecular formula is C21H22N4O5S2. The molecule has 1 fully saturated rings. The molecule has 2 heterocycles. The molecule has 9 nitrogen and oxygen atoms in total. The lowest BCUT2D eigenvalue weighted by Gasteiger charge is -2.31. The number of hydrogen-bond donors (Lipinski definition) is 1. The Labute approximate surface area is 189 Å². The highest BCUT2D eigenvalue weighted by Gasteiger charge is 2.34. The molecule has 0 aliphatic carbocycles. The number of carbonyl (C=O) groups excluding carboxylic acids is 2. The Morgan fingerprint density at radius 3 is 2.84 bits per heavy atom. The molecule has 3 aromatic rings. The molecule has 1 aliphatic heterocycles. The molecule has 1 aromatic heterocycles. The zero-order chi connectivity index (χ0) is 22.7. The summed E-state index contributed by atoms with van der Waals surface area (Å²) in [7, 11) is -3.83. The first-order valence-electron chi connectivity index (χ1n) is 10.2. The van der Waals surface area contributed by atoms with Gasteiger partial charge in [-0.3, -0.25) is 4.79 Å². The predicted molar refractivity (Wildman–Crippen MR) is 120 cm³/mol. The average molecular weight is 475 g/mol. The highest BCUT2D eigenvalue weighted by molar-refractivity contribution is 7.89. The number of rotatable bonds is 6. The van der Waals surface area contributed by atoms with E-state index in [2.05, 4.69) is 14.1 Å². The van der Waals surface area contributed by atoms with Crippen LogP contribution < -0.4 is 5.32 Å². The maximum absolute atomic E-state index is 13.3. The Bertz CT molecular complexity index is 1260. The summed E-state index contributed by atoms with van der Waals surface area (Å²) < 4.78 is 41.1. The number of sulfonamides is 1. The minimum Gasteiger partial charge on any atom is -0.462 e. The van der Waals surface area contributed by atoms with Gasteiger partial charge in [0.2, 0.25) is 15.9 Å².